The summed E-state index contributed by atoms with van der Waals surface area (Å²) in [4.78, 5) is 18.9. The van der Waals surface area contributed by atoms with Crippen molar-refractivity contribution in [3.05, 3.63) is 29.3 Å². The van der Waals surface area contributed by atoms with Crippen LogP contribution in [0.15, 0.2) is 28.7 Å². The van der Waals surface area contributed by atoms with E-state index in [1.54, 1.807) is 17.4 Å². The zero-order valence-corrected chi connectivity index (χ0v) is 9.46. The Morgan fingerprint density at radius 3 is 3.00 bits per heavy atom. The SMILES string of the molecule is O=C=NC1(c2cccc3scnc23)CCC1. The Hall–Kier alpha value is -1.51. The third kappa shape index (κ3) is 1.24. The predicted octanol–water partition coefficient (Wildman–Crippen LogP) is 3.01. The minimum Gasteiger partial charge on any atom is -0.244 e. The maximum absolute atomic E-state index is 10.6. The fourth-order valence-electron chi connectivity index (χ4n) is 2.30. The lowest BCUT2D eigenvalue weighted by Gasteiger charge is -2.37. The molecule has 0 unspecified atom stereocenters. The standard InChI is InChI=1S/C12H10N2OS/c15-7-14-12(5-2-6-12)9-3-1-4-10-11(9)13-8-16-10/h1,3-4,8H,2,5-6H2. The van der Waals surface area contributed by atoms with Crippen LogP contribution in [0.5, 0.6) is 0 Å². The monoisotopic (exact) mass is 230 g/mol. The largest absolute Gasteiger partial charge is 0.244 e. The average Bonchev–Trinajstić information content (AvgIpc) is 2.71. The summed E-state index contributed by atoms with van der Waals surface area (Å²) in [5, 5.41) is 0. The van der Waals surface area contributed by atoms with E-state index in [0.717, 1.165) is 35.0 Å². The third-order valence-corrected chi connectivity index (χ3v) is 4.10. The van der Waals surface area contributed by atoms with E-state index in [1.165, 1.54) is 0 Å². The lowest BCUT2D eigenvalue weighted by molar-refractivity contribution is 0.258. The average molecular weight is 230 g/mol. The number of thiazole rings is 1. The zero-order chi connectivity index (χ0) is 11.0. The van der Waals surface area contributed by atoms with E-state index in [4.69, 9.17) is 0 Å². The highest BCUT2D eigenvalue weighted by atomic mass is 32.1. The Bertz CT molecular complexity index is 579. The highest BCUT2D eigenvalue weighted by molar-refractivity contribution is 7.16. The molecule has 1 aliphatic rings. The summed E-state index contributed by atoms with van der Waals surface area (Å²) in [5.74, 6) is 0. The van der Waals surface area contributed by atoms with Crippen molar-refractivity contribution >= 4 is 27.6 Å². The van der Waals surface area contributed by atoms with E-state index < -0.39 is 0 Å². The molecule has 3 nitrogen and oxygen atoms in total. The van der Waals surface area contributed by atoms with Crippen molar-refractivity contribution in [3.8, 4) is 0 Å². The van der Waals surface area contributed by atoms with Gasteiger partial charge in [-0.15, -0.1) is 11.3 Å². The number of aliphatic imine (C=N–C) groups is 1. The number of fused-ring (bicyclic) bond motifs is 1. The number of isocyanates is 1. The molecule has 0 radical (unpaired) electrons. The van der Waals surface area contributed by atoms with E-state index in [0.29, 0.717) is 0 Å². The molecule has 1 heterocycles. The first kappa shape index (κ1) is 9.70. The molecule has 0 aliphatic heterocycles. The highest BCUT2D eigenvalue weighted by Crippen LogP contribution is 2.46. The molecule has 4 heteroatoms. The number of rotatable bonds is 2. The van der Waals surface area contributed by atoms with Crippen LogP contribution in [0.25, 0.3) is 10.2 Å². The van der Waals surface area contributed by atoms with Crippen LogP contribution in [0.3, 0.4) is 0 Å². The van der Waals surface area contributed by atoms with E-state index in [-0.39, 0.29) is 5.54 Å². The highest BCUT2D eigenvalue weighted by Gasteiger charge is 2.40. The number of para-hydroxylation sites is 1. The molecule has 2 aromatic rings. The Labute approximate surface area is 96.8 Å². The van der Waals surface area contributed by atoms with Gasteiger partial charge in [-0.1, -0.05) is 12.1 Å². The molecule has 0 atom stereocenters. The molecular formula is C12H10N2OS. The van der Waals surface area contributed by atoms with Gasteiger partial charge in [0.2, 0.25) is 6.08 Å². The maximum Gasteiger partial charge on any atom is 0.235 e. The number of nitrogens with zero attached hydrogens (tertiary/aromatic N) is 2. The summed E-state index contributed by atoms with van der Waals surface area (Å²) >= 11 is 1.62. The zero-order valence-electron chi connectivity index (χ0n) is 8.64. The van der Waals surface area contributed by atoms with Crippen LogP contribution in [-0.4, -0.2) is 11.1 Å². The number of hydrogen-bond acceptors (Lipinski definition) is 4. The smallest absolute Gasteiger partial charge is 0.235 e. The molecule has 1 saturated carbocycles. The first-order chi connectivity index (χ1) is 7.86. The van der Waals surface area contributed by atoms with E-state index in [1.807, 2.05) is 23.7 Å². The molecule has 1 aromatic carbocycles. The fraction of sp³-hybridized carbons (Fsp3) is 0.333. The Morgan fingerprint density at radius 2 is 2.31 bits per heavy atom. The number of carbonyl (C=O) groups excluding carboxylic acids is 1. The van der Waals surface area contributed by atoms with E-state index in [2.05, 4.69) is 9.98 Å². The van der Waals surface area contributed by atoms with Crippen molar-refractivity contribution in [2.45, 2.75) is 24.8 Å². The second-order valence-electron chi connectivity index (χ2n) is 4.09. The summed E-state index contributed by atoms with van der Waals surface area (Å²) in [5.41, 5.74) is 3.58. The van der Waals surface area contributed by atoms with Gasteiger partial charge in [-0.25, -0.2) is 9.78 Å². The van der Waals surface area contributed by atoms with Crippen LogP contribution < -0.4 is 0 Å². The van der Waals surface area contributed by atoms with Crippen molar-refractivity contribution in [3.63, 3.8) is 0 Å². The molecular weight excluding hydrogens is 220 g/mol. The van der Waals surface area contributed by atoms with Gasteiger partial charge in [0, 0.05) is 5.56 Å². The molecule has 3 rings (SSSR count). The minimum atomic E-state index is -0.338. The quantitative estimate of drug-likeness (QED) is 0.588. The third-order valence-electron chi connectivity index (χ3n) is 3.30. The lowest BCUT2D eigenvalue weighted by Crippen LogP contribution is -2.32. The van der Waals surface area contributed by atoms with Gasteiger partial charge in [-0.2, -0.15) is 4.99 Å². The number of aromatic nitrogens is 1. The normalized spacial score (nSPS) is 17.8. The summed E-state index contributed by atoms with van der Waals surface area (Å²) in [6.07, 6.45) is 4.69. The van der Waals surface area contributed by atoms with Gasteiger partial charge >= 0.3 is 0 Å². The number of benzene rings is 1. The molecule has 1 aliphatic carbocycles. The minimum absolute atomic E-state index is 0.338. The van der Waals surface area contributed by atoms with Crippen molar-refractivity contribution in [1.29, 1.82) is 0 Å². The van der Waals surface area contributed by atoms with Crippen molar-refractivity contribution in [2.24, 2.45) is 4.99 Å². The Balaban J connectivity index is 2.24. The second kappa shape index (κ2) is 3.51. The van der Waals surface area contributed by atoms with Gasteiger partial charge < -0.3 is 0 Å². The van der Waals surface area contributed by atoms with Crippen LogP contribution in [0.1, 0.15) is 24.8 Å². The lowest BCUT2D eigenvalue weighted by atomic mass is 9.72. The van der Waals surface area contributed by atoms with Crippen LogP contribution in [0.4, 0.5) is 0 Å². The van der Waals surface area contributed by atoms with Crippen molar-refractivity contribution < 1.29 is 4.79 Å². The summed E-state index contributed by atoms with van der Waals surface area (Å²) in [6, 6.07) is 6.09. The van der Waals surface area contributed by atoms with Crippen molar-refractivity contribution in [2.75, 3.05) is 0 Å². The van der Waals surface area contributed by atoms with Crippen LogP contribution in [0.2, 0.25) is 0 Å². The Morgan fingerprint density at radius 1 is 1.44 bits per heavy atom. The second-order valence-corrected chi connectivity index (χ2v) is 4.98. The van der Waals surface area contributed by atoms with Gasteiger partial charge in [0.1, 0.15) is 5.54 Å². The molecule has 0 spiro atoms. The predicted molar refractivity (Wildman–Crippen MR) is 63.3 cm³/mol. The molecule has 0 bridgehead atoms. The maximum atomic E-state index is 10.6. The summed E-state index contributed by atoms with van der Waals surface area (Å²) in [6.45, 7) is 0. The van der Waals surface area contributed by atoms with E-state index >= 15 is 0 Å². The first-order valence-electron chi connectivity index (χ1n) is 5.27. The van der Waals surface area contributed by atoms with Gasteiger partial charge in [0.05, 0.1) is 15.7 Å². The first-order valence-corrected chi connectivity index (χ1v) is 6.15. The molecule has 0 saturated heterocycles. The topological polar surface area (TPSA) is 42.3 Å². The summed E-state index contributed by atoms with van der Waals surface area (Å²) in [7, 11) is 0. The fourth-order valence-corrected chi connectivity index (χ4v) is 3.01. The van der Waals surface area contributed by atoms with Crippen molar-refractivity contribution in [1.82, 2.24) is 4.98 Å². The molecule has 1 aromatic heterocycles. The van der Waals surface area contributed by atoms with Crippen LogP contribution in [0, 0.1) is 0 Å². The van der Waals surface area contributed by atoms with Gasteiger partial charge in [0.15, 0.2) is 0 Å². The van der Waals surface area contributed by atoms with E-state index in [9.17, 15) is 4.79 Å². The Kier molecular flexibility index (Phi) is 2.13. The molecule has 0 amide bonds. The molecule has 16 heavy (non-hydrogen) atoms. The summed E-state index contributed by atoms with van der Waals surface area (Å²) < 4.78 is 1.16. The number of hydrogen-bond donors (Lipinski definition) is 0. The van der Waals surface area contributed by atoms with Gasteiger partial charge in [-0.05, 0) is 25.3 Å². The molecule has 80 valence electrons. The van der Waals surface area contributed by atoms with Gasteiger partial charge in [-0.3, -0.25) is 0 Å². The van der Waals surface area contributed by atoms with Gasteiger partial charge in [0.25, 0.3) is 0 Å². The van der Waals surface area contributed by atoms with Crippen LogP contribution >= 0.6 is 11.3 Å². The van der Waals surface area contributed by atoms with Crippen LogP contribution in [-0.2, 0) is 10.3 Å². The molecule has 0 N–H and O–H groups in total. The molecule has 1 fully saturated rings.